The minimum atomic E-state index is -0.0410. The third-order valence-corrected chi connectivity index (χ3v) is 5.43. The molecule has 0 spiro atoms. The Morgan fingerprint density at radius 2 is 1.96 bits per heavy atom. The van der Waals surface area contributed by atoms with Gasteiger partial charge in [-0.3, -0.25) is 4.79 Å². The molecule has 1 aromatic carbocycles. The fourth-order valence-electron chi connectivity index (χ4n) is 2.75. The molecule has 1 aliphatic rings. The van der Waals surface area contributed by atoms with Crippen LogP contribution in [0.1, 0.15) is 33.3 Å². The summed E-state index contributed by atoms with van der Waals surface area (Å²) in [5.74, 6) is -0.0286. The minimum Gasteiger partial charge on any atom is -0.266 e. The maximum absolute atomic E-state index is 12.8. The number of hydrogen-bond donors (Lipinski definition) is 0. The van der Waals surface area contributed by atoms with Crippen molar-refractivity contribution in [3.8, 4) is 0 Å². The van der Waals surface area contributed by atoms with Crippen LogP contribution < -0.4 is 0 Å². The average molecular weight is 338 g/mol. The zero-order valence-corrected chi connectivity index (χ0v) is 13.9. The molecule has 1 aliphatic heterocycles. The molecule has 0 saturated heterocycles. The molecule has 0 fully saturated rings. The van der Waals surface area contributed by atoms with Gasteiger partial charge in [0.2, 0.25) is 0 Å². The zero-order chi connectivity index (χ0) is 15.6. The van der Waals surface area contributed by atoms with Gasteiger partial charge >= 0.3 is 0 Å². The molecule has 114 valence electrons. The minimum absolute atomic E-state index is 0.0286. The van der Waals surface area contributed by atoms with E-state index in [-0.39, 0.29) is 11.9 Å². The Labute approximate surface area is 142 Å². The van der Waals surface area contributed by atoms with Crippen molar-refractivity contribution in [1.82, 2.24) is 5.01 Å². The van der Waals surface area contributed by atoms with E-state index in [1.54, 1.807) is 16.3 Å². The highest BCUT2D eigenvalue weighted by molar-refractivity contribution is 7.12. The molecule has 0 saturated carbocycles. The van der Waals surface area contributed by atoms with Gasteiger partial charge in [0.1, 0.15) is 0 Å². The van der Waals surface area contributed by atoms with Gasteiger partial charge in [-0.15, -0.1) is 11.3 Å². The van der Waals surface area contributed by atoms with Gasteiger partial charge in [-0.05, 0) is 33.8 Å². The molecular formula is C18H14N2OS2. The molecule has 3 nitrogen and oxygen atoms in total. The fourth-order valence-corrected chi connectivity index (χ4v) is 4.07. The number of nitrogens with zero attached hydrogens (tertiary/aromatic N) is 2. The second kappa shape index (κ2) is 6.10. The number of benzene rings is 1. The molecule has 3 heterocycles. The highest BCUT2D eigenvalue weighted by Gasteiger charge is 2.33. The van der Waals surface area contributed by atoms with Gasteiger partial charge in [-0.25, -0.2) is 5.01 Å². The zero-order valence-electron chi connectivity index (χ0n) is 12.3. The molecule has 4 rings (SSSR count). The highest BCUT2D eigenvalue weighted by Crippen LogP contribution is 2.34. The van der Waals surface area contributed by atoms with Crippen molar-refractivity contribution in [2.45, 2.75) is 12.5 Å². The number of carbonyl (C=O) groups is 1. The van der Waals surface area contributed by atoms with Crippen LogP contribution in [0.15, 0.2) is 69.8 Å². The summed E-state index contributed by atoms with van der Waals surface area (Å²) in [6.45, 7) is 0. The molecular weight excluding hydrogens is 324 g/mol. The summed E-state index contributed by atoms with van der Waals surface area (Å²) in [6, 6.07) is 15.9. The first kappa shape index (κ1) is 14.4. The van der Waals surface area contributed by atoms with Crippen molar-refractivity contribution in [3.05, 3.63) is 80.7 Å². The van der Waals surface area contributed by atoms with Crippen LogP contribution in [0.5, 0.6) is 0 Å². The van der Waals surface area contributed by atoms with Crippen molar-refractivity contribution in [3.63, 3.8) is 0 Å². The first-order valence-corrected chi connectivity index (χ1v) is 9.17. The number of hydrazone groups is 1. The second-order valence-corrected chi connectivity index (χ2v) is 7.04. The van der Waals surface area contributed by atoms with Gasteiger partial charge in [0.15, 0.2) is 0 Å². The lowest BCUT2D eigenvalue weighted by molar-refractivity contribution is 0.0716. The van der Waals surface area contributed by atoms with E-state index < -0.39 is 0 Å². The van der Waals surface area contributed by atoms with Crippen LogP contribution in [0.25, 0.3) is 0 Å². The Morgan fingerprint density at radius 1 is 1.09 bits per heavy atom. The van der Waals surface area contributed by atoms with Crippen molar-refractivity contribution < 1.29 is 4.79 Å². The number of rotatable bonds is 3. The smallest absolute Gasteiger partial charge is 0.266 e. The lowest BCUT2D eigenvalue weighted by Gasteiger charge is -2.21. The summed E-state index contributed by atoms with van der Waals surface area (Å²) in [4.78, 5) is 13.6. The molecule has 0 N–H and O–H groups in total. The van der Waals surface area contributed by atoms with Gasteiger partial charge in [0.05, 0.1) is 16.6 Å². The van der Waals surface area contributed by atoms with Crippen LogP contribution in [-0.2, 0) is 0 Å². The molecule has 0 bridgehead atoms. The van der Waals surface area contributed by atoms with Crippen LogP contribution in [0.3, 0.4) is 0 Å². The van der Waals surface area contributed by atoms with E-state index in [0.29, 0.717) is 0 Å². The van der Waals surface area contributed by atoms with Crippen molar-refractivity contribution >= 4 is 34.3 Å². The van der Waals surface area contributed by atoms with Crippen LogP contribution in [0.4, 0.5) is 0 Å². The van der Waals surface area contributed by atoms with Crippen LogP contribution in [0, 0.1) is 0 Å². The summed E-state index contributed by atoms with van der Waals surface area (Å²) in [6.07, 6.45) is 0.748. The van der Waals surface area contributed by atoms with Gasteiger partial charge < -0.3 is 0 Å². The molecule has 1 atom stereocenters. The average Bonchev–Trinajstić information content (AvgIpc) is 3.35. The van der Waals surface area contributed by atoms with Crippen LogP contribution >= 0.6 is 22.7 Å². The molecule has 1 unspecified atom stereocenters. The van der Waals surface area contributed by atoms with Crippen LogP contribution in [-0.4, -0.2) is 16.6 Å². The molecule has 23 heavy (non-hydrogen) atoms. The van der Waals surface area contributed by atoms with E-state index in [1.807, 2.05) is 41.1 Å². The van der Waals surface area contributed by atoms with Crippen molar-refractivity contribution in [1.29, 1.82) is 0 Å². The van der Waals surface area contributed by atoms with Gasteiger partial charge in [-0.2, -0.15) is 16.4 Å². The number of hydrogen-bond acceptors (Lipinski definition) is 4. The monoisotopic (exact) mass is 338 g/mol. The van der Waals surface area contributed by atoms with Crippen molar-refractivity contribution in [2.75, 3.05) is 0 Å². The predicted molar refractivity (Wildman–Crippen MR) is 95.1 cm³/mol. The maximum atomic E-state index is 12.8. The van der Waals surface area contributed by atoms with E-state index in [4.69, 9.17) is 0 Å². The van der Waals surface area contributed by atoms with E-state index in [0.717, 1.165) is 28.1 Å². The third kappa shape index (κ3) is 2.73. The van der Waals surface area contributed by atoms with Crippen molar-refractivity contribution in [2.24, 2.45) is 5.10 Å². The number of thiophene rings is 2. The SMILES string of the molecule is O=C(c1cccs1)N1N=C(c2ccsc2)CC1c1ccccc1. The predicted octanol–water partition coefficient (Wildman–Crippen LogP) is 4.80. The first-order chi connectivity index (χ1) is 11.3. The summed E-state index contributed by atoms with van der Waals surface area (Å²) in [5.41, 5.74) is 3.20. The molecule has 3 aromatic rings. The Balaban J connectivity index is 1.72. The Bertz CT molecular complexity index is 823. The molecule has 0 aliphatic carbocycles. The Morgan fingerprint density at radius 3 is 2.65 bits per heavy atom. The standard InChI is InChI=1S/C18H14N2OS2/c21-18(17-7-4-9-23-17)20-16(13-5-2-1-3-6-13)11-15(19-20)14-8-10-22-12-14/h1-10,12,16H,11H2. The number of carbonyl (C=O) groups excluding carboxylic acids is 1. The van der Waals surface area contributed by atoms with Gasteiger partial charge in [0, 0.05) is 12.0 Å². The van der Waals surface area contributed by atoms with E-state index in [9.17, 15) is 4.79 Å². The Kier molecular flexibility index (Phi) is 3.81. The molecule has 5 heteroatoms. The summed E-state index contributed by atoms with van der Waals surface area (Å²) in [5, 5.41) is 12.4. The lowest BCUT2D eigenvalue weighted by Crippen LogP contribution is -2.26. The molecule has 2 aromatic heterocycles. The topological polar surface area (TPSA) is 32.7 Å². The first-order valence-electron chi connectivity index (χ1n) is 7.35. The molecule has 1 amide bonds. The summed E-state index contributed by atoms with van der Waals surface area (Å²) >= 11 is 3.10. The Hall–Kier alpha value is -2.24. The second-order valence-electron chi connectivity index (χ2n) is 5.32. The number of amides is 1. The van der Waals surface area contributed by atoms with E-state index >= 15 is 0 Å². The largest absolute Gasteiger partial charge is 0.284 e. The lowest BCUT2D eigenvalue weighted by atomic mass is 10.00. The quantitative estimate of drug-likeness (QED) is 0.675. The van der Waals surface area contributed by atoms with E-state index in [2.05, 4.69) is 28.7 Å². The highest BCUT2D eigenvalue weighted by atomic mass is 32.1. The summed E-state index contributed by atoms with van der Waals surface area (Å²) < 4.78 is 0. The summed E-state index contributed by atoms with van der Waals surface area (Å²) in [7, 11) is 0. The molecule has 0 radical (unpaired) electrons. The third-order valence-electron chi connectivity index (χ3n) is 3.89. The van der Waals surface area contributed by atoms with Crippen LogP contribution in [0.2, 0.25) is 0 Å². The van der Waals surface area contributed by atoms with Gasteiger partial charge in [-0.1, -0.05) is 36.4 Å². The van der Waals surface area contributed by atoms with Gasteiger partial charge in [0.25, 0.3) is 5.91 Å². The normalized spacial score (nSPS) is 17.3. The fraction of sp³-hybridized carbons (Fsp3) is 0.111. The van der Waals surface area contributed by atoms with E-state index in [1.165, 1.54) is 11.3 Å². The maximum Gasteiger partial charge on any atom is 0.284 e.